The van der Waals surface area contributed by atoms with Crippen molar-refractivity contribution in [3.05, 3.63) is 22.2 Å². The molecule has 1 heterocycles. The van der Waals surface area contributed by atoms with Crippen LogP contribution in [-0.4, -0.2) is 42.5 Å². The molecule has 0 radical (unpaired) electrons. The maximum atomic E-state index is 11.6. The summed E-state index contributed by atoms with van der Waals surface area (Å²) in [6.45, 7) is 5.06. The molecule has 2 N–H and O–H groups in total. The van der Waals surface area contributed by atoms with Crippen LogP contribution in [0.15, 0.2) is 12.1 Å². The van der Waals surface area contributed by atoms with Crippen LogP contribution in [0.25, 0.3) is 0 Å². The summed E-state index contributed by atoms with van der Waals surface area (Å²) in [6, 6.07) is 2.97. The van der Waals surface area contributed by atoms with Gasteiger partial charge in [0, 0.05) is 26.2 Å². The highest BCUT2D eigenvalue weighted by atomic mass is 16.6. The number of anilines is 2. The summed E-state index contributed by atoms with van der Waals surface area (Å²) in [4.78, 5) is 28.2. The Kier molecular flexibility index (Phi) is 6.38. The van der Waals surface area contributed by atoms with Crippen molar-refractivity contribution in [2.24, 2.45) is 0 Å². The predicted octanol–water partition coefficient (Wildman–Crippen LogP) is 1.38. The van der Waals surface area contributed by atoms with E-state index in [9.17, 15) is 14.9 Å². The van der Waals surface area contributed by atoms with Gasteiger partial charge in [-0.3, -0.25) is 14.9 Å². The van der Waals surface area contributed by atoms with Crippen molar-refractivity contribution in [1.29, 1.82) is 0 Å². The molecule has 116 valence electrons. The van der Waals surface area contributed by atoms with Gasteiger partial charge in [-0.25, -0.2) is 4.98 Å². The fourth-order valence-corrected chi connectivity index (χ4v) is 1.88. The lowest BCUT2D eigenvalue weighted by molar-refractivity contribution is -0.384. The van der Waals surface area contributed by atoms with Crippen molar-refractivity contribution in [3.8, 4) is 0 Å². The van der Waals surface area contributed by atoms with Crippen LogP contribution in [0, 0.1) is 10.1 Å². The highest BCUT2D eigenvalue weighted by Gasteiger charge is 2.23. The molecule has 0 spiro atoms. The van der Waals surface area contributed by atoms with Crippen LogP contribution in [-0.2, 0) is 4.79 Å². The molecule has 0 saturated heterocycles. The molecule has 0 atom stereocenters. The van der Waals surface area contributed by atoms with Gasteiger partial charge in [0.1, 0.15) is 5.82 Å². The Morgan fingerprint density at radius 2 is 2.14 bits per heavy atom. The van der Waals surface area contributed by atoms with Gasteiger partial charge in [-0.15, -0.1) is 0 Å². The normalized spacial score (nSPS) is 10.0. The highest BCUT2D eigenvalue weighted by molar-refractivity contribution is 5.81. The molecule has 0 aliphatic carbocycles. The molecular formula is C13H21N5O3. The average Bonchev–Trinajstić information content (AvgIpc) is 2.46. The number of carbonyl (C=O) groups excluding carboxylic acids is 1. The molecule has 8 heteroatoms. The Labute approximate surface area is 123 Å². The van der Waals surface area contributed by atoms with E-state index in [0.717, 1.165) is 6.42 Å². The van der Waals surface area contributed by atoms with Crippen molar-refractivity contribution in [2.45, 2.75) is 20.3 Å². The van der Waals surface area contributed by atoms with Gasteiger partial charge in [-0.05, 0) is 19.4 Å². The Morgan fingerprint density at radius 1 is 1.43 bits per heavy atom. The Morgan fingerprint density at radius 3 is 2.67 bits per heavy atom. The monoisotopic (exact) mass is 295 g/mol. The molecular weight excluding hydrogens is 274 g/mol. The summed E-state index contributed by atoms with van der Waals surface area (Å²) in [6.07, 6.45) is 0.751. The van der Waals surface area contributed by atoms with Gasteiger partial charge in [-0.1, -0.05) is 6.92 Å². The number of nitrogens with zero attached hydrogens (tertiary/aromatic N) is 3. The molecule has 0 saturated carbocycles. The maximum absolute atomic E-state index is 11.6. The molecule has 1 amide bonds. The van der Waals surface area contributed by atoms with Crippen molar-refractivity contribution >= 4 is 23.2 Å². The van der Waals surface area contributed by atoms with Crippen molar-refractivity contribution in [1.82, 2.24) is 10.3 Å². The summed E-state index contributed by atoms with van der Waals surface area (Å²) < 4.78 is 0. The summed E-state index contributed by atoms with van der Waals surface area (Å²) in [5.41, 5.74) is -0.103. The number of aromatic nitrogens is 1. The Hall–Kier alpha value is -2.38. The predicted molar refractivity (Wildman–Crippen MR) is 81.6 cm³/mol. The summed E-state index contributed by atoms with van der Waals surface area (Å²) >= 11 is 0. The van der Waals surface area contributed by atoms with E-state index in [-0.39, 0.29) is 24.0 Å². The third-order valence-electron chi connectivity index (χ3n) is 2.82. The van der Waals surface area contributed by atoms with E-state index >= 15 is 0 Å². The second kappa shape index (κ2) is 8.03. The van der Waals surface area contributed by atoms with Crippen molar-refractivity contribution in [2.75, 3.05) is 36.9 Å². The maximum Gasteiger partial charge on any atom is 0.311 e. The number of nitrogens with one attached hydrogen (secondary N) is 2. The van der Waals surface area contributed by atoms with Crippen LogP contribution < -0.4 is 15.5 Å². The van der Waals surface area contributed by atoms with Gasteiger partial charge in [0.25, 0.3) is 0 Å². The van der Waals surface area contributed by atoms with E-state index in [1.54, 1.807) is 11.0 Å². The number of hydrogen-bond donors (Lipinski definition) is 2. The van der Waals surface area contributed by atoms with Gasteiger partial charge in [-0.2, -0.15) is 0 Å². The first-order valence-corrected chi connectivity index (χ1v) is 6.88. The van der Waals surface area contributed by atoms with Crippen LogP contribution in [0.3, 0.4) is 0 Å². The van der Waals surface area contributed by atoms with Crippen LogP contribution >= 0.6 is 0 Å². The molecule has 8 nitrogen and oxygen atoms in total. The molecule has 0 aliphatic heterocycles. The highest BCUT2D eigenvalue weighted by Crippen LogP contribution is 2.27. The molecule has 1 aromatic rings. The third-order valence-corrected chi connectivity index (χ3v) is 2.82. The van der Waals surface area contributed by atoms with Crippen LogP contribution in [0.1, 0.15) is 20.3 Å². The van der Waals surface area contributed by atoms with Crippen molar-refractivity contribution < 1.29 is 9.72 Å². The van der Waals surface area contributed by atoms with E-state index in [2.05, 4.69) is 15.6 Å². The molecule has 0 aromatic carbocycles. The topological polar surface area (TPSA) is 100 Å². The van der Waals surface area contributed by atoms with E-state index in [1.807, 2.05) is 13.8 Å². The number of nitro groups is 1. The second-order valence-electron chi connectivity index (χ2n) is 4.42. The lowest BCUT2D eigenvalue weighted by Crippen LogP contribution is -2.37. The lowest BCUT2D eigenvalue weighted by Gasteiger charge is -2.22. The van der Waals surface area contributed by atoms with E-state index < -0.39 is 4.92 Å². The summed E-state index contributed by atoms with van der Waals surface area (Å²) in [5.74, 6) is 0.549. The molecule has 0 aliphatic rings. The summed E-state index contributed by atoms with van der Waals surface area (Å²) in [5, 5.41) is 16.7. The Balaban J connectivity index is 3.20. The quantitative estimate of drug-likeness (QED) is 0.555. The van der Waals surface area contributed by atoms with E-state index in [4.69, 9.17) is 0 Å². The van der Waals surface area contributed by atoms with Crippen LogP contribution in [0.2, 0.25) is 0 Å². The molecule has 21 heavy (non-hydrogen) atoms. The van der Waals surface area contributed by atoms with Crippen LogP contribution in [0.5, 0.6) is 0 Å². The fraction of sp³-hybridized carbons (Fsp3) is 0.538. The first kappa shape index (κ1) is 16.7. The second-order valence-corrected chi connectivity index (χ2v) is 4.42. The number of pyridine rings is 1. The number of hydrogen-bond acceptors (Lipinski definition) is 6. The lowest BCUT2D eigenvalue weighted by atomic mass is 10.3. The molecule has 0 unspecified atom stereocenters. The first-order chi connectivity index (χ1) is 10.0. The Bertz CT molecular complexity index is 507. The number of rotatable bonds is 8. The van der Waals surface area contributed by atoms with E-state index in [0.29, 0.717) is 18.9 Å². The SMILES string of the molecule is CCCN(CC(=O)NC)c1nc(NCC)ccc1[N+](=O)[O-]. The number of amides is 1. The number of carbonyl (C=O) groups is 1. The minimum atomic E-state index is -0.482. The zero-order valence-corrected chi connectivity index (χ0v) is 12.5. The minimum Gasteiger partial charge on any atom is -0.370 e. The average molecular weight is 295 g/mol. The fourth-order valence-electron chi connectivity index (χ4n) is 1.88. The van der Waals surface area contributed by atoms with Crippen LogP contribution in [0.4, 0.5) is 17.3 Å². The third kappa shape index (κ3) is 4.59. The zero-order chi connectivity index (χ0) is 15.8. The van der Waals surface area contributed by atoms with Gasteiger partial charge in [0.05, 0.1) is 11.5 Å². The standard InChI is InChI=1S/C13H21N5O3/c1-4-8-17(9-12(19)14-3)13-10(18(20)21)6-7-11(16-13)15-5-2/h6-7H,4-5,8-9H2,1-3H3,(H,14,19)(H,15,16). The van der Waals surface area contributed by atoms with Crippen molar-refractivity contribution in [3.63, 3.8) is 0 Å². The largest absolute Gasteiger partial charge is 0.370 e. The number of likely N-dealkylation sites (N-methyl/N-ethyl adjacent to an activating group) is 1. The van der Waals surface area contributed by atoms with Gasteiger partial charge in [0.2, 0.25) is 11.7 Å². The zero-order valence-electron chi connectivity index (χ0n) is 12.5. The molecule has 0 fully saturated rings. The summed E-state index contributed by atoms with van der Waals surface area (Å²) in [7, 11) is 1.53. The smallest absolute Gasteiger partial charge is 0.311 e. The molecule has 1 rings (SSSR count). The van der Waals surface area contributed by atoms with Gasteiger partial charge < -0.3 is 15.5 Å². The van der Waals surface area contributed by atoms with E-state index in [1.165, 1.54) is 13.1 Å². The minimum absolute atomic E-state index is 0.0355. The molecule has 1 aromatic heterocycles. The molecule has 0 bridgehead atoms. The first-order valence-electron chi connectivity index (χ1n) is 6.88. The van der Waals surface area contributed by atoms with Gasteiger partial charge in [0.15, 0.2) is 0 Å². The van der Waals surface area contributed by atoms with Gasteiger partial charge >= 0.3 is 5.69 Å².